The number of nitrogens with two attached hydrogens (primary N) is 1. The van der Waals surface area contributed by atoms with Gasteiger partial charge >= 0.3 is 0 Å². The van der Waals surface area contributed by atoms with Crippen LogP contribution in [-0.2, 0) is 0 Å². The van der Waals surface area contributed by atoms with E-state index in [-0.39, 0.29) is 5.91 Å². The number of rotatable bonds is 6. The molecule has 1 amide bonds. The van der Waals surface area contributed by atoms with Crippen LogP contribution in [0.25, 0.3) is 17.3 Å². The third kappa shape index (κ3) is 4.79. The molecule has 0 saturated carbocycles. The number of nitrogen functional groups attached to an aromatic ring is 1. The second-order valence-electron chi connectivity index (χ2n) is 6.07. The lowest BCUT2D eigenvalue weighted by atomic mass is 10.1. The molecule has 0 aliphatic rings. The van der Waals surface area contributed by atoms with Crippen molar-refractivity contribution in [2.45, 2.75) is 6.92 Å². The molecule has 2 N–H and O–H groups in total. The van der Waals surface area contributed by atoms with Crippen LogP contribution in [0.15, 0.2) is 73.1 Å². The van der Waals surface area contributed by atoms with Gasteiger partial charge in [0.05, 0.1) is 18.1 Å². The maximum atomic E-state index is 12.9. The molecule has 0 aliphatic carbocycles. The van der Waals surface area contributed by atoms with Crippen LogP contribution in [-0.4, -0.2) is 33.9 Å². The summed E-state index contributed by atoms with van der Waals surface area (Å²) >= 11 is 0. The largest absolute Gasteiger partial charge is 0.382 e. The van der Waals surface area contributed by atoms with Gasteiger partial charge in [0.2, 0.25) is 0 Å². The molecule has 136 valence electrons. The first-order chi connectivity index (χ1) is 13.2. The molecule has 0 bridgehead atoms. The van der Waals surface area contributed by atoms with E-state index in [1.807, 2.05) is 73.7 Å². The van der Waals surface area contributed by atoms with Crippen molar-refractivity contribution in [3.8, 4) is 11.3 Å². The normalized spacial score (nSPS) is 10.9. The molecule has 3 rings (SSSR count). The zero-order valence-electron chi connectivity index (χ0n) is 15.2. The van der Waals surface area contributed by atoms with Gasteiger partial charge < -0.3 is 10.6 Å². The Balaban J connectivity index is 1.75. The number of anilines is 1. The van der Waals surface area contributed by atoms with E-state index >= 15 is 0 Å². The monoisotopic (exact) mass is 358 g/mol. The molecular formula is C22H22N4O. The Hall–Kier alpha value is -3.47. The van der Waals surface area contributed by atoms with Crippen molar-refractivity contribution >= 4 is 17.8 Å². The molecule has 0 aliphatic heterocycles. The van der Waals surface area contributed by atoms with E-state index in [0.717, 1.165) is 11.1 Å². The van der Waals surface area contributed by atoms with Crippen molar-refractivity contribution in [3.63, 3.8) is 0 Å². The van der Waals surface area contributed by atoms with Gasteiger partial charge in [0.15, 0.2) is 0 Å². The van der Waals surface area contributed by atoms with E-state index in [2.05, 4.69) is 9.97 Å². The number of likely N-dealkylation sites (N-methyl/N-ethyl adjacent to an activating group) is 1. The van der Waals surface area contributed by atoms with E-state index in [9.17, 15) is 4.79 Å². The van der Waals surface area contributed by atoms with Gasteiger partial charge in [-0.3, -0.25) is 9.78 Å². The number of benzene rings is 2. The van der Waals surface area contributed by atoms with Crippen LogP contribution in [0.1, 0.15) is 22.8 Å². The highest BCUT2D eigenvalue weighted by atomic mass is 16.2. The number of hydrogen-bond acceptors (Lipinski definition) is 4. The SMILES string of the molecule is CCN(CC=Cc1ccccc1)C(=O)c1cccc(-c2cncc(N)n2)c1. The summed E-state index contributed by atoms with van der Waals surface area (Å²) in [5.74, 6) is 0.333. The zero-order valence-corrected chi connectivity index (χ0v) is 15.2. The smallest absolute Gasteiger partial charge is 0.254 e. The molecule has 0 unspecified atom stereocenters. The van der Waals surface area contributed by atoms with Crippen LogP contribution in [0.3, 0.4) is 0 Å². The highest BCUT2D eigenvalue weighted by Gasteiger charge is 2.14. The quantitative estimate of drug-likeness (QED) is 0.725. The van der Waals surface area contributed by atoms with E-state index in [1.165, 1.54) is 6.20 Å². The average molecular weight is 358 g/mol. The summed E-state index contributed by atoms with van der Waals surface area (Å²) in [4.78, 5) is 23.0. The molecule has 1 heterocycles. The van der Waals surface area contributed by atoms with Gasteiger partial charge in [-0.05, 0) is 24.6 Å². The van der Waals surface area contributed by atoms with Gasteiger partial charge in [0.1, 0.15) is 5.82 Å². The maximum absolute atomic E-state index is 12.9. The Kier molecular flexibility index (Phi) is 5.94. The van der Waals surface area contributed by atoms with E-state index in [1.54, 1.807) is 11.1 Å². The second-order valence-corrected chi connectivity index (χ2v) is 6.07. The Morgan fingerprint density at radius 1 is 1.11 bits per heavy atom. The summed E-state index contributed by atoms with van der Waals surface area (Å²) < 4.78 is 0. The fourth-order valence-corrected chi connectivity index (χ4v) is 2.75. The van der Waals surface area contributed by atoms with Crippen molar-refractivity contribution in [1.82, 2.24) is 14.9 Å². The van der Waals surface area contributed by atoms with Gasteiger partial charge in [-0.15, -0.1) is 0 Å². The van der Waals surface area contributed by atoms with Crippen molar-refractivity contribution in [1.29, 1.82) is 0 Å². The molecule has 0 saturated heterocycles. The molecule has 3 aromatic rings. The Labute approximate surface area is 159 Å². The van der Waals surface area contributed by atoms with Gasteiger partial charge in [0.25, 0.3) is 5.91 Å². The first-order valence-electron chi connectivity index (χ1n) is 8.86. The van der Waals surface area contributed by atoms with Crippen LogP contribution in [0, 0.1) is 0 Å². The molecule has 2 aromatic carbocycles. The van der Waals surface area contributed by atoms with Gasteiger partial charge in [0, 0.05) is 24.2 Å². The Morgan fingerprint density at radius 3 is 2.67 bits per heavy atom. The molecule has 27 heavy (non-hydrogen) atoms. The number of nitrogens with zero attached hydrogens (tertiary/aromatic N) is 3. The molecule has 0 radical (unpaired) electrons. The predicted molar refractivity (Wildman–Crippen MR) is 109 cm³/mol. The number of amides is 1. The molecule has 0 atom stereocenters. The van der Waals surface area contributed by atoms with Crippen LogP contribution in [0.5, 0.6) is 0 Å². The zero-order chi connectivity index (χ0) is 19.1. The third-order valence-electron chi connectivity index (χ3n) is 4.16. The number of carbonyl (C=O) groups excluding carboxylic acids is 1. The van der Waals surface area contributed by atoms with Crippen LogP contribution < -0.4 is 5.73 Å². The van der Waals surface area contributed by atoms with Crippen LogP contribution >= 0.6 is 0 Å². The number of aromatic nitrogens is 2. The molecule has 1 aromatic heterocycles. The van der Waals surface area contributed by atoms with Crippen molar-refractivity contribution in [2.24, 2.45) is 0 Å². The molecule has 0 fully saturated rings. The van der Waals surface area contributed by atoms with Crippen LogP contribution in [0.2, 0.25) is 0 Å². The third-order valence-corrected chi connectivity index (χ3v) is 4.16. The molecule has 0 spiro atoms. The fraction of sp³-hybridized carbons (Fsp3) is 0.136. The Bertz CT molecular complexity index is 938. The lowest BCUT2D eigenvalue weighted by Crippen LogP contribution is -2.30. The minimum Gasteiger partial charge on any atom is -0.382 e. The van der Waals surface area contributed by atoms with Crippen molar-refractivity contribution in [2.75, 3.05) is 18.8 Å². The summed E-state index contributed by atoms with van der Waals surface area (Å²) in [6.07, 6.45) is 7.16. The van der Waals surface area contributed by atoms with Gasteiger partial charge in [-0.1, -0.05) is 54.6 Å². The van der Waals surface area contributed by atoms with Crippen molar-refractivity contribution in [3.05, 3.63) is 84.2 Å². The van der Waals surface area contributed by atoms with E-state index < -0.39 is 0 Å². The van der Waals surface area contributed by atoms with E-state index in [0.29, 0.717) is 30.2 Å². The number of hydrogen-bond donors (Lipinski definition) is 1. The average Bonchev–Trinajstić information content (AvgIpc) is 2.72. The standard InChI is InChI=1S/C22H22N4O/c1-2-26(13-7-10-17-8-4-3-5-9-17)22(27)19-12-6-11-18(14-19)20-15-24-16-21(23)25-20/h3-12,14-16H,2,13H2,1H3,(H2,23,25). The summed E-state index contributed by atoms with van der Waals surface area (Å²) in [6.45, 7) is 3.15. The first kappa shape index (κ1) is 18.3. The Morgan fingerprint density at radius 2 is 1.93 bits per heavy atom. The molecular weight excluding hydrogens is 336 g/mol. The van der Waals surface area contributed by atoms with E-state index in [4.69, 9.17) is 5.73 Å². The molecule has 5 heteroatoms. The predicted octanol–water partition coefficient (Wildman–Crippen LogP) is 3.90. The van der Waals surface area contributed by atoms with Gasteiger partial charge in [-0.2, -0.15) is 0 Å². The lowest BCUT2D eigenvalue weighted by molar-refractivity contribution is 0.0782. The minimum atomic E-state index is -0.0195. The lowest BCUT2D eigenvalue weighted by Gasteiger charge is -2.19. The van der Waals surface area contributed by atoms with Crippen molar-refractivity contribution < 1.29 is 4.79 Å². The fourth-order valence-electron chi connectivity index (χ4n) is 2.75. The highest BCUT2D eigenvalue weighted by Crippen LogP contribution is 2.19. The first-order valence-corrected chi connectivity index (χ1v) is 8.86. The summed E-state index contributed by atoms with van der Waals surface area (Å²) in [6, 6.07) is 17.4. The summed E-state index contributed by atoms with van der Waals surface area (Å²) in [5.41, 5.74) is 8.91. The maximum Gasteiger partial charge on any atom is 0.254 e. The second kappa shape index (κ2) is 8.76. The minimum absolute atomic E-state index is 0.0195. The summed E-state index contributed by atoms with van der Waals surface area (Å²) in [7, 11) is 0. The topological polar surface area (TPSA) is 72.1 Å². The van der Waals surface area contributed by atoms with Crippen LogP contribution in [0.4, 0.5) is 5.82 Å². The molecule has 5 nitrogen and oxygen atoms in total. The summed E-state index contributed by atoms with van der Waals surface area (Å²) in [5, 5.41) is 0. The highest BCUT2D eigenvalue weighted by molar-refractivity contribution is 5.95. The van der Waals surface area contributed by atoms with Gasteiger partial charge in [-0.25, -0.2) is 4.98 Å². The number of carbonyl (C=O) groups is 1.